The smallest absolute Gasteiger partial charge is 0.0950 e. The third-order valence-corrected chi connectivity index (χ3v) is 2.83. The van der Waals surface area contributed by atoms with Gasteiger partial charge in [0.2, 0.25) is 0 Å². The molecule has 2 aromatic rings. The van der Waals surface area contributed by atoms with Gasteiger partial charge in [0.1, 0.15) is 0 Å². The molecule has 0 aliphatic heterocycles. The Morgan fingerprint density at radius 3 is 2.94 bits per heavy atom. The van der Waals surface area contributed by atoms with Crippen LogP contribution in [-0.2, 0) is 0 Å². The fourth-order valence-electron chi connectivity index (χ4n) is 1.94. The van der Waals surface area contributed by atoms with E-state index in [2.05, 4.69) is 22.4 Å². The lowest BCUT2D eigenvalue weighted by Gasteiger charge is -2.17. The van der Waals surface area contributed by atoms with E-state index in [0.717, 1.165) is 29.4 Å². The van der Waals surface area contributed by atoms with Gasteiger partial charge in [-0.1, -0.05) is 31.5 Å². The van der Waals surface area contributed by atoms with E-state index in [4.69, 9.17) is 5.73 Å². The molecule has 0 spiro atoms. The number of hydrogen-bond acceptors (Lipinski definition) is 4. The van der Waals surface area contributed by atoms with Crippen LogP contribution < -0.4 is 11.1 Å². The van der Waals surface area contributed by atoms with Crippen LogP contribution in [0, 0.1) is 0 Å². The SMILES string of the molecule is CCCC(CN)Nc1cnnc2ccccc12. The summed E-state index contributed by atoms with van der Waals surface area (Å²) in [4.78, 5) is 0. The van der Waals surface area contributed by atoms with E-state index in [1.54, 1.807) is 6.20 Å². The minimum Gasteiger partial charge on any atom is -0.379 e. The molecule has 17 heavy (non-hydrogen) atoms. The number of anilines is 1. The molecule has 1 heterocycles. The summed E-state index contributed by atoms with van der Waals surface area (Å²) in [5.74, 6) is 0. The van der Waals surface area contributed by atoms with Crippen molar-refractivity contribution >= 4 is 16.6 Å². The third kappa shape index (κ3) is 2.71. The van der Waals surface area contributed by atoms with Crippen LogP contribution in [0.4, 0.5) is 5.69 Å². The largest absolute Gasteiger partial charge is 0.379 e. The van der Waals surface area contributed by atoms with Crippen LogP contribution in [0.1, 0.15) is 19.8 Å². The fraction of sp³-hybridized carbons (Fsp3) is 0.385. The fourth-order valence-corrected chi connectivity index (χ4v) is 1.94. The van der Waals surface area contributed by atoms with E-state index in [1.807, 2.05) is 24.3 Å². The topological polar surface area (TPSA) is 63.8 Å². The lowest BCUT2D eigenvalue weighted by atomic mass is 10.1. The Labute approximate surface area is 101 Å². The van der Waals surface area contributed by atoms with Crippen molar-refractivity contribution in [2.24, 2.45) is 5.73 Å². The Balaban J connectivity index is 2.28. The summed E-state index contributed by atoms with van der Waals surface area (Å²) in [5, 5.41) is 12.6. The number of aromatic nitrogens is 2. The highest BCUT2D eigenvalue weighted by Crippen LogP contribution is 2.20. The summed E-state index contributed by atoms with van der Waals surface area (Å²) in [7, 11) is 0. The molecule has 2 rings (SSSR count). The second-order valence-electron chi connectivity index (χ2n) is 4.14. The normalized spacial score (nSPS) is 12.6. The van der Waals surface area contributed by atoms with Crippen molar-refractivity contribution in [2.75, 3.05) is 11.9 Å². The molecule has 0 aliphatic carbocycles. The zero-order valence-corrected chi connectivity index (χ0v) is 10.1. The number of benzene rings is 1. The number of rotatable bonds is 5. The first-order valence-electron chi connectivity index (χ1n) is 6.02. The summed E-state index contributed by atoms with van der Waals surface area (Å²) in [6.45, 7) is 2.79. The van der Waals surface area contributed by atoms with Gasteiger partial charge in [0.05, 0.1) is 17.4 Å². The lowest BCUT2D eigenvalue weighted by Crippen LogP contribution is -2.28. The number of nitrogens with one attached hydrogen (secondary N) is 1. The summed E-state index contributed by atoms with van der Waals surface area (Å²) < 4.78 is 0. The van der Waals surface area contributed by atoms with Crippen LogP contribution >= 0.6 is 0 Å². The van der Waals surface area contributed by atoms with Gasteiger partial charge in [-0.2, -0.15) is 10.2 Å². The van der Waals surface area contributed by atoms with Gasteiger partial charge in [-0.15, -0.1) is 0 Å². The van der Waals surface area contributed by atoms with Gasteiger partial charge in [0.15, 0.2) is 0 Å². The number of nitrogens with zero attached hydrogens (tertiary/aromatic N) is 2. The van der Waals surface area contributed by atoms with Crippen molar-refractivity contribution < 1.29 is 0 Å². The second-order valence-corrected chi connectivity index (χ2v) is 4.14. The van der Waals surface area contributed by atoms with Gasteiger partial charge in [-0.05, 0) is 12.5 Å². The van der Waals surface area contributed by atoms with Gasteiger partial charge in [-0.3, -0.25) is 0 Å². The van der Waals surface area contributed by atoms with Crippen molar-refractivity contribution in [1.82, 2.24) is 10.2 Å². The van der Waals surface area contributed by atoms with Crippen LogP contribution in [0.15, 0.2) is 30.5 Å². The van der Waals surface area contributed by atoms with E-state index < -0.39 is 0 Å². The van der Waals surface area contributed by atoms with Crippen LogP contribution in [-0.4, -0.2) is 22.8 Å². The minimum atomic E-state index is 0.299. The Kier molecular flexibility index (Phi) is 3.88. The summed E-state index contributed by atoms with van der Waals surface area (Å²) in [6.07, 6.45) is 3.94. The zero-order valence-electron chi connectivity index (χ0n) is 10.1. The Morgan fingerprint density at radius 1 is 1.35 bits per heavy atom. The van der Waals surface area contributed by atoms with E-state index in [-0.39, 0.29) is 0 Å². The van der Waals surface area contributed by atoms with Gasteiger partial charge in [0, 0.05) is 18.0 Å². The van der Waals surface area contributed by atoms with Crippen LogP contribution in [0.3, 0.4) is 0 Å². The third-order valence-electron chi connectivity index (χ3n) is 2.83. The molecule has 0 amide bonds. The maximum Gasteiger partial charge on any atom is 0.0950 e. The van der Waals surface area contributed by atoms with E-state index in [9.17, 15) is 0 Å². The molecule has 1 atom stereocenters. The molecule has 0 saturated heterocycles. The average molecular weight is 230 g/mol. The molecule has 0 aliphatic rings. The second kappa shape index (κ2) is 5.59. The Morgan fingerprint density at radius 2 is 2.18 bits per heavy atom. The summed E-state index contributed by atoms with van der Waals surface area (Å²) >= 11 is 0. The van der Waals surface area contributed by atoms with Gasteiger partial charge in [0.25, 0.3) is 0 Å². The molecular formula is C13H18N4. The van der Waals surface area contributed by atoms with E-state index >= 15 is 0 Å². The lowest BCUT2D eigenvalue weighted by molar-refractivity contribution is 0.648. The molecule has 0 bridgehead atoms. The van der Waals surface area contributed by atoms with Crippen molar-refractivity contribution in [3.63, 3.8) is 0 Å². The Hall–Kier alpha value is -1.68. The highest BCUT2D eigenvalue weighted by molar-refractivity contribution is 5.90. The van der Waals surface area contributed by atoms with Crippen molar-refractivity contribution in [3.05, 3.63) is 30.5 Å². The summed E-state index contributed by atoms with van der Waals surface area (Å²) in [6, 6.07) is 8.28. The van der Waals surface area contributed by atoms with Gasteiger partial charge >= 0.3 is 0 Å². The van der Waals surface area contributed by atoms with Crippen molar-refractivity contribution in [2.45, 2.75) is 25.8 Å². The minimum absolute atomic E-state index is 0.299. The standard InChI is InChI=1S/C13H18N4/c1-2-5-10(8-14)16-13-9-15-17-12-7-4-3-6-11(12)13/h3-4,6-7,9-10H,2,5,8,14H2,1H3,(H,16,17). The molecular weight excluding hydrogens is 212 g/mol. The molecule has 90 valence electrons. The van der Waals surface area contributed by atoms with Gasteiger partial charge < -0.3 is 11.1 Å². The number of hydrogen-bond donors (Lipinski definition) is 2. The molecule has 4 nitrogen and oxygen atoms in total. The average Bonchev–Trinajstić information content (AvgIpc) is 2.38. The zero-order chi connectivity index (χ0) is 12.1. The van der Waals surface area contributed by atoms with Crippen molar-refractivity contribution in [1.29, 1.82) is 0 Å². The Bertz CT molecular complexity index is 478. The highest BCUT2D eigenvalue weighted by atomic mass is 15.1. The first-order valence-corrected chi connectivity index (χ1v) is 6.02. The van der Waals surface area contributed by atoms with E-state index in [0.29, 0.717) is 12.6 Å². The summed E-state index contributed by atoms with van der Waals surface area (Å²) in [5.41, 5.74) is 7.67. The van der Waals surface area contributed by atoms with Crippen LogP contribution in [0.5, 0.6) is 0 Å². The quantitative estimate of drug-likeness (QED) is 0.826. The predicted molar refractivity (Wildman–Crippen MR) is 70.9 cm³/mol. The van der Waals surface area contributed by atoms with Crippen molar-refractivity contribution in [3.8, 4) is 0 Å². The first kappa shape index (κ1) is 11.8. The molecule has 4 heteroatoms. The first-order chi connectivity index (χ1) is 8.35. The maximum atomic E-state index is 5.75. The molecule has 0 radical (unpaired) electrons. The molecule has 3 N–H and O–H groups in total. The number of nitrogens with two attached hydrogens (primary N) is 1. The molecule has 1 unspecified atom stereocenters. The monoisotopic (exact) mass is 230 g/mol. The van der Waals surface area contributed by atoms with Crippen LogP contribution in [0.2, 0.25) is 0 Å². The molecule has 1 aromatic heterocycles. The molecule has 0 saturated carbocycles. The molecule has 0 fully saturated rings. The highest BCUT2D eigenvalue weighted by Gasteiger charge is 2.08. The van der Waals surface area contributed by atoms with E-state index in [1.165, 1.54) is 0 Å². The number of fused-ring (bicyclic) bond motifs is 1. The van der Waals surface area contributed by atoms with Gasteiger partial charge in [-0.25, -0.2) is 0 Å². The predicted octanol–water partition coefficient (Wildman–Crippen LogP) is 2.17. The van der Waals surface area contributed by atoms with Crippen LogP contribution in [0.25, 0.3) is 10.9 Å². The maximum absolute atomic E-state index is 5.75. The molecule has 1 aromatic carbocycles.